The van der Waals surface area contributed by atoms with Crippen LogP contribution in [0.15, 0.2) is 17.7 Å². The largest absolute Gasteiger partial charge is 0.433 e. The predicted molar refractivity (Wildman–Crippen MR) is 68.8 cm³/mol. The Bertz CT molecular complexity index is 551. The van der Waals surface area contributed by atoms with Crippen molar-refractivity contribution in [3.63, 3.8) is 0 Å². The number of rotatable bonds is 3. The number of nitrogens with zero attached hydrogens (tertiary/aromatic N) is 2. The Morgan fingerprint density at radius 2 is 2.29 bits per heavy atom. The molecule has 0 radical (unpaired) electrons. The van der Waals surface area contributed by atoms with Crippen LogP contribution >= 0.6 is 0 Å². The second kappa shape index (κ2) is 6.17. The molecule has 1 aliphatic heterocycles. The van der Waals surface area contributed by atoms with Crippen LogP contribution in [0.1, 0.15) is 12.1 Å². The van der Waals surface area contributed by atoms with E-state index in [1.165, 1.54) is 0 Å². The number of hydrogen-bond donors (Lipinski definition) is 2. The second-order valence-electron chi connectivity index (χ2n) is 4.55. The molecule has 2 N–H and O–H groups in total. The molecule has 0 saturated heterocycles. The highest BCUT2D eigenvalue weighted by Crippen LogP contribution is 2.30. The Morgan fingerprint density at radius 1 is 1.52 bits per heavy atom. The van der Waals surface area contributed by atoms with Crippen LogP contribution in [0.25, 0.3) is 0 Å². The first-order valence-corrected chi connectivity index (χ1v) is 6.28. The summed E-state index contributed by atoms with van der Waals surface area (Å²) in [5.74, 6) is -0.156. The van der Waals surface area contributed by atoms with Crippen molar-refractivity contribution >= 4 is 11.8 Å². The van der Waals surface area contributed by atoms with Crippen molar-refractivity contribution in [2.45, 2.75) is 12.6 Å². The van der Waals surface area contributed by atoms with Gasteiger partial charge >= 0.3 is 12.2 Å². The highest BCUT2D eigenvalue weighted by Gasteiger charge is 2.35. The zero-order valence-corrected chi connectivity index (χ0v) is 11.3. The Balaban J connectivity index is 1.89. The number of aromatic nitrogens is 2. The molecular formula is C12H15F3N4O2. The van der Waals surface area contributed by atoms with Gasteiger partial charge in [0.25, 0.3) is 0 Å². The van der Waals surface area contributed by atoms with Crippen molar-refractivity contribution in [2.24, 2.45) is 7.05 Å². The van der Waals surface area contributed by atoms with Gasteiger partial charge in [-0.3, -0.25) is 10.00 Å². The zero-order chi connectivity index (χ0) is 15.5. The second-order valence-corrected chi connectivity index (χ2v) is 4.55. The summed E-state index contributed by atoms with van der Waals surface area (Å²) < 4.78 is 43.6. The molecule has 0 aliphatic carbocycles. The van der Waals surface area contributed by atoms with E-state index >= 15 is 0 Å². The van der Waals surface area contributed by atoms with E-state index in [1.54, 1.807) is 0 Å². The third-order valence-corrected chi connectivity index (χ3v) is 2.87. The third kappa shape index (κ3) is 4.22. The molecule has 1 aromatic rings. The number of carbonyl (C=O) groups excluding carboxylic acids is 1. The molecule has 0 unspecified atom stereocenters. The average Bonchev–Trinajstić information content (AvgIpc) is 2.78. The Kier molecular flexibility index (Phi) is 4.51. The van der Waals surface area contributed by atoms with Crippen molar-refractivity contribution < 1.29 is 22.7 Å². The summed E-state index contributed by atoms with van der Waals surface area (Å²) in [6, 6.07) is 0.163. The Labute approximate surface area is 118 Å². The fraction of sp³-hybridized carbons (Fsp3) is 0.500. The molecule has 116 valence electrons. The number of nitrogens with one attached hydrogen (secondary N) is 2. The van der Waals surface area contributed by atoms with Gasteiger partial charge in [-0.15, -0.1) is 0 Å². The predicted octanol–water partition coefficient (Wildman–Crippen LogP) is 1.91. The van der Waals surface area contributed by atoms with Crippen LogP contribution in [0.2, 0.25) is 0 Å². The minimum atomic E-state index is -4.51. The molecule has 2 rings (SSSR count). The van der Waals surface area contributed by atoms with Crippen LogP contribution in [0.3, 0.4) is 0 Å². The minimum Gasteiger partial charge on any atom is -0.377 e. The van der Waals surface area contributed by atoms with E-state index < -0.39 is 17.9 Å². The van der Waals surface area contributed by atoms with Gasteiger partial charge in [-0.25, -0.2) is 4.79 Å². The smallest absolute Gasteiger partial charge is 0.377 e. The lowest BCUT2D eigenvalue weighted by molar-refractivity contribution is -0.143. The third-order valence-electron chi connectivity index (χ3n) is 2.87. The quantitative estimate of drug-likeness (QED) is 0.838. The van der Waals surface area contributed by atoms with Gasteiger partial charge in [-0.1, -0.05) is 6.08 Å². The minimum absolute atomic E-state index is 0.156. The zero-order valence-electron chi connectivity index (χ0n) is 11.3. The van der Waals surface area contributed by atoms with Crippen LogP contribution in [0.4, 0.5) is 23.8 Å². The molecule has 1 aliphatic rings. The number of alkyl halides is 3. The maximum absolute atomic E-state index is 12.6. The number of anilines is 1. The van der Waals surface area contributed by atoms with E-state index in [-0.39, 0.29) is 12.4 Å². The normalized spacial score (nSPS) is 15.5. The van der Waals surface area contributed by atoms with Crippen LogP contribution in [0.5, 0.6) is 0 Å². The molecule has 9 heteroatoms. The number of urea groups is 1. The van der Waals surface area contributed by atoms with E-state index in [0.29, 0.717) is 17.9 Å². The molecule has 0 spiro atoms. The van der Waals surface area contributed by atoms with Gasteiger partial charge < -0.3 is 10.1 Å². The number of hydrogen-bond acceptors (Lipinski definition) is 3. The van der Waals surface area contributed by atoms with Crippen LogP contribution in [-0.4, -0.2) is 35.6 Å². The lowest BCUT2D eigenvalue weighted by atomic mass is 10.2. The number of amides is 2. The molecule has 0 aromatic carbocycles. The molecule has 6 nitrogen and oxygen atoms in total. The number of ether oxygens (including phenoxy) is 1. The summed E-state index contributed by atoms with van der Waals surface area (Å²) in [5, 5.41) is 8.40. The van der Waals surface area contributed by atoms with Gasteiger partial charge in [-0.2, -0.15) is 18.3 Å². The van der Waals surface area contributed by atoms with Gasteiger partial charge in [0.05, 0.1) is 13.2 Å². The maximum atomic E-state index is 12.6. The van der Waals surface area contributed by atoms with Crippen molar-refractivity contribution in [1.82, 2.24) is 15.1 Å². The fourth-order valence-corrected chi connectivity index (χ4v) is 1.88. The first kappa shape index (κ1) is 15.4. The summed E-state index contributed by atoms with van der Waals surface area (Å²) in [7, 11) is 1.16. The van der Waals surface area contributed by atoms with E-state index in [2.05, 4.69) is 15.7 Å². The monoisotopic (exact) mass is 304 g/mol. The maximum Gasteiger partial charge on any atom is 0.433 e. The summed E-state index contributed by atoms with van der Waals surface area (Å²) in [4.78, 5) is 11.6. The summed E-state index contributed by atoms with van der Waals surface area (Å²) in [5.41, 5.74) is -0.00501. The molecular weight excluding hydrogens is 289 g/mol. The van der Waals surface area contributed by atoms with Crippen LogP contribution in [-0.2, 0) is 18.0 Å². The SMILES string of the molecule is Cn1nc(NC(=O)NCC2=CCCOC2)cc1C(F)(F)F. The molecule has 0 atom stereocenters. The summed E-state index contributed by atoms with van der Waals surface area (Å²) in [6.07, 6.45) is -1.76. The standard InChI is InChI=1S/C12H15F3N4O2/c1-19-9(12(13,14)15)5-10(18-19)17-11(20)16-6-8-3-2-4-21-7-8/h3,5H,2,4,6-7H2,1H3,(H2,16,17,18,20). The molecule has 21 heavy (non-hydrogen) atoms. The highest BCUT2D eigenvalue weighted by atomic mass is 19.4. The topological polar surface area (TPSA) is 68.2 Å². The Hall–Kier alpha value is -2.03. The lowest BCUT2D eigenvalue weighted by Gasteiger charge is -2.14. The molecule has 1 aromatic heterocycles. The molecule has 2 amide bonds. The van der Waals surface area contributed by atoms with Crippen molar-refractivity contribution in [2.75, 3.05) is 25.1 Å². The molecule has 0 fully saturated rings. The van der Waals surface area contributed by atoms with Crippen LogP contribution in [0, 0.1) is 0 Å². The van der Waals surface area contributed by atoms with Gasteiger partial charge in [0, 0.05) is 19.7 Å². The number of halogens is 3. The first-order chi connectivity index (χ1) is 9.86. The average molecular weight is 304 g/mol. The lowest BCUT2D eigenvalue weighted by Crippen LogP contribution is -2.32. The van der Waals surface area contributed by atoms with Gasteiger partial charge in [0.15, 0.2) is 5.82 Å². The van der Waals surface area contributed by atoms with Crippen molar-refractivity contribution in [1.29, 1.82) is 0 Å². The number of aryl methyl sites for hydroxylation is 1. The van der Waals surface area contributed by atoms with E-state index in [9.17, 15) is 18.0 Å². The molecule has 0 saturated carbocycles. The van der Waals surface area contributed by atoms with E-state index in [0.717, 1.165) is 25.1 Å². The van der Waals surface area contributed by atoms with Crippen LogP contribution < -0.4 is 10.6 Å². The number of carbonyl (C=O) groups is 1. The first-order valence-electron chi connectivity index (χ1n) is 6.28. The van der Waals surface area contributed by atoms with E-state index in [4.69, 9.17) is 4.74 Å². The van der Waals surface area contributed by atoms with Gasteiger partial charge in [0.1, 0.15) is 5.69 Å². The molecule has 0 bridgehead atoms. The van der Waals surface area contributed by atoms with Gasteiger partial charge in [-0.05, 0) is 12.0 Å². The van der Waals surface area contributed by atoms with Crippen molar-refractivity contribution in [3.8, 4) is 0 Å². The Morgan fingerprint density at radius 3 is 2.86 bits per heavy atom. The van der Waals surface area contributed by atoms with Gasteiger partial charge in [0.2, 0.25) is 0 Å². The fourth-order valence-electron chi connectivity index (χ4n) is 1.88. The summed E-state index contributed by atoms with van der Waals surface area (Å²) >= 11 is 0. The highest BCUT2D eigenvalue weighted by molar-refractivity contribution is 5.88. The summed E-state index contributed by atoms with van der Waals surface area (Å²) in [6.45, 7) is 1.39. The van der Waals surface area contributed by atoms with Crippen molar-refractivity contribution in [3.05, 3.63) is 23.4 Å². The van der Waals surface area contributed by atoms with E-state index in [1.807, 2.05) is 6.08 Å². The molecule has 2 heterocycles.